The van der Waals surface area contributed by atoms with Crippen LogP contribution in [0.15, 0.2) is 79.1 Å². The molecule has 5 rings (SSSR count). The van der Waals surface area contributed by atoms with Gasteiger partial charge in [0.05, 0.1) is 24.5 Å². The maximum atomic E-state index is 12.0. The van der Waals surface area contributed by atoms with Gasteiger partial charge in [0.25, 0.3) is 0 Å². The fraction of sp³-hybridized carbons (Fsp3) is 0.233. The summed E-state index contributed by atoms with van der Waals surface area (Å²) in [5, 5.41) is 7.02. The lowest BCUT2D eigenvalue weighted by molar-refractivity contribution is -0.115. The Labute approximate surface area is 228 Å². The molecular weight excluding hydrogens is 494 g/mol. The van der Waals surface area contributed by atoms with Gasteiger partial charge in [-0.2, -0.15) is 0 Å². The van der Waals surface area contributed by atoms with Gasteiger partial charge in [-0.3, -0.25) is 9.78 Å². The molecule has 194 valence electrons. The van der Waals surface area contributed by atoms with Gasteiger partial charge in [0.2, 0.25) is 5.91 Å². The molecule has 0 radical (unpaired) electrons. The van der Waals surface area contributed by atoms with Crippen LogP contribution in [0, 0.1) is 13.8 Å². The minimum Gasteiger partial charge on any atom is -0.494 e. The average Bonchev–Trinajstić information content (AvgIpc) is 3.55. The molecule has 0 spiro atoms. The van der Waals surface area contributed by atoms with Crippen molar-refractivity contribution in [1.82, 2.24) is 14.9 Å². The number of methoxy groups -OCH3 is 1. The van der Waals surface area contributed by atoms with Crippen LogP contribution in [0.5, 0.6) is 5.75 Å². The number of hydrogen-bond acceptors (Lipinski definition) is 4. The molecule has 0 bridgehead atoms. The lowest BCUT2D eigenvalue weighted by Gasteiger charge is -2.29. The average molecular weight is 526 g/mol. The van der Waals surface area contributed by atoms with E-state index in [1.54, 1.807) is 13.3 Å². The molecule has 1 fully saturated rings. The maximum Gasteiger partial charge on any atom is 0.224 e. The highest BCUT2D eigenvalue weighted by atomic mass is 32.1. The predicted molar refractivity (Wildman–Crippen MR) is 155 cm³/mol. The van der Waals surface area contributed by atoms with Crippen molar-refractivity contribution in [1.29, 1.82) is 0 Å². The number of pyridine rings is 1. The standard InChI is InChI=1S/C30H31N5O2S/c1-5-27(36)32-23-14-13-22(18-26(23)37-4)35-29(28(33-30(35)38)24-9-6-7-15-31-24)25-10-8-16-34(25)21-12-11-19(2)20(3)17-21/h6-18,28-29H,5H2,1-4H3,(H,32,36)(H,33,38)/t28-,29-/m0/s1. The Morgan fingerprint density at radius 2 is 1.87 bits per heavy atom. The third-order valence-corrected chi connectivity index (χ3v) is 7.32. The smallest absolute Gasteiger partial charge is 0.224 e. The monoisotopic (exact) mass is 525 g/mol. The van der Waals surface area contributed by atoms with Crippen molar-refractivity contribution >= 4 is 34.6 Å². The van der Waals surface area contributed by atoms with Crippen LogP contribution in [0.3, 0.4) is 0 Å². The van der Waals surface area contributed by atoms with E-state index in [1.807, 2.05) is 43.3 Å². The number of ether oxygens (including phenoxy) is 1. The molecule has 3 heterocycles. The van der Waals surface area contributed by atoms with Gasteiger partial charge in [-0.1, -0.05) is 19.1 Å². The van der Waals surface area contributed by atoms with Crippen LogP contribution in [0.2, 0.25) is 0 Å². The summed E-state index contributed by atoms with van der Waals surface area (Å²) < 4.78 is 7.87. The van der Waals surface area contributed by atoms with Crippen LogP contribution in [0.1, 0.15) is 47.9 Å². The first kappa shape index (κ1) is 25.5. The van der Waals surface area contributed by atoms with E-state index in [-0.39, 0.29) is 18.0 Å². The normalized spacial score (nSPS) is 16.8. The number of rotatable bonds is 7. The number of benzene rings is 2. The zero-order chi connectivity index (χ0) is 26.8. The molecule has 1 aliphatic heterocycles. The molecule has 1 aliphatic rings. The number of nitrogens with zero attached hydrogens (tertiary/aromatic N) is 3. The van der Waals surface area contributed by atoms with Crippen molar-refractivity contribution < 1.29 is 9.53 Å². The molecule has 0 saturated carbocycles. The zero-order valence-corrected chi connectivity index (χ0v) is 22.8. The van der Waals surface area contributed by atoms with Gasteiger partial charge in [0.15, 0.2) is 5.11 Å². The van der Waals surface area contributed by atoms with Crippen LogP contribution in [-0.2, 0) is 4.79 Å². The fourth-order valence-electron chi connectivity index (χ4n) is 4.85. The molecule has 0 unspecified atom stereocenters. The van der Waals surface area contributed by atoms with E-state index in [4.69, 9.17) is 17.0 Å². The molecule has 1 saturated heterocycles. The van der Waals surface area contributed by atoms with Gasteiger partial charge in [-0.05, 0) is 85.7 Å². The van der Waals surface area contributed by atoms with Crippen molar-refractivity contribution in [2.45, 2.75) is 39.3 Å². The zero-order valence-electron chi connectivity index (χ0n) is 21.9. The fourth-order valence-corrected chi connectivity index (χ4v) is 5.20. The summed E-state index contributed by atoms with van der Waals surface area (Å²) in [4.78, 5) is 18.8. The number of aromatic nitrogens is 2. The number of thiocarbonyl (C=S) groups is 1. The van der Waals surface area contributed by atoms with Crippen molar-refractivity contribution in [3.05, 3.63) is 102 Å². The molecule has 2 atom stereocenters. The molecule has 0 aliphatic carbocycles. The van der Waals surface area contributed by atoms with Crippen molar-refractivity contribution in [3.8, 4) is 11.4 Å². The predicted octanol–water partition coefficient (Wildman–Crippen LogP) is 6.02. The molecule has 8 heteroatoms. The third kappa shape index (κ3) is 4.75. The van der Waals surface area contributed by atoms with Gasteiger partial charge in [-0.15, -0.1) is 0 Å². The highest BCUT2D eigenvalue weighted by Crippen LogP contribution is 2.44. The highest BCUT2D eigenvalue weighted by Gasteiger charge is 2.42. The second-order valence-corrected chi connectivity index (χ2v) is 9.74. The minimum atomic E-state index is -0.199. The van der Waals surface area contributed by atoms with Gasteiger partial charge >= 0.3 is 0 Å². The summed E-state index contributed by atoms with van der Waals surface area (Å²) in [7, 11) is 1.60. The van der Waals surface area contributed by atoms with Crippen molar-refractivity contribution in [2.75, 3.05) is 17.3 Å². The summed E-state index contributed by atoms with van der Waals surface area (Å²) >= 11 is 5.92. The minimum absolute atomic E-state index is 0.0753. The van der Waals surface area contributed by atoms with Crippen LogP contribution < -0.4 is 20.3 Å². The Hall–Kier alpha value is -4.17. The van der Waals surface area contributed by atoms with Crippen LogP contribution in [0.25, 0.3) is 5.69 Å². The maximum absolute atomic E-state index is 12.0. The number of aryl methyl sites for hydroxylation is 2. The van der Waals surface area contributed by atoms with Gasteiger partial charge in [-0.25, -0.2) is 0 Å². The Morgan fingerprint density at radius 1 is 1.05 bits per heavy atom. The molecule has 2 aromatic carbocycles. The molecular formula is C30H31N5O2S. The van der Waals surface area contributed by atoms with Crippen molar-refractivity contribution in [3.63, 3.8) is 0 Å². The number of nitrogens with one attached hydrogen (secondary N) is 2. The number of amides is 1. The van der Waals surface area contributed by atoms with E-state index in [0.717, 1.165) is 22.8 Å². The summed E-state index contributed by atoms with van der Waals surface area (Å²) in [6.45, 7) is 6.06. The largest absolute Gasteiger partial charge is 0.494 e. The first-order valence-electron chi connectivity index (χ1n) is 12.6. The second kappa shape index (κ2) is 10.7. The Bertz CT molecular complexity index is 1480. The summed E-state index contributed by atoms with van der Waals surface area (Å²) in [6, 6.07) is 21.9. The molecule has 38 heavy (non-hydrogen) atoms. The summed E-state index contributed by atoms with van der Waals surface area (Å²) in [5.41, 5.74) is 7.01. The Morgan fingerprint density at radius 3 is 2.58 bits per heavy atom. The van der Waals surface area contributed by atoms with E-state index in [0.29, 0.717) is 23.0 Å². The van der Waals surface area contributed by atoms with E-state index in [1.165, 1.54) is 11.1 Å². The third-order valence-electron chi connectivity index (χ3n) is 7.01. The van der Waals surface area contributed by atoms with Gasteiger partial charge < -0.3 is 24.8 Å². The highest BCUT2D eigenvalue weighted by molar-refractivity contribution is 7.80. The molecule has 4 aromatic rings. The first-order chi connectivity index (χ1) is 18.4. The second-order valence-electron chi connectivity index (χ2n) is 9.35. The van der Waals surface area contributed by atoms with Crippen LogP contribution in [0.4, 0.5) is 11.4 Å². The molecule has 1 amide bonds. The molecule has 7 nitrogen and oxygen atoms in total. The number of anilines is 2. The number of hydrogen-bond donors (Lipinski definition) is 2. The molecule has 2 N–H and O–H groups in total. The summed E-state index contributed by atoms with van der Waals surface area (Å²) in [6.07, 6.45) is 4.27. The Kier molecular flexibility index (Phi) is 7.15. The quantitative estimate of drug-likeness (QED) is 0.288. The SMILES string of the molecule is CCC(=O)Nc1ccc(N2C(=S)N[C@@H](c3ccccn3)[C@@H]2c2cccn2-c2ccc(C)c(C)c2)cc1OC. The molecule has 2 aromatic heterocycles. The van der Waals surface area contributed by atoms with Crippen LogP contribution >= 0.6 is 12.2 Å². The lowest BCUT2D eigenvalue weighted by atomic mass is 10.0. The van der Waals surface area contributed by atoms with E-state index >= 15 is 0 Å². The Balaban J connectivity index is 1.63. The van der Waals surface area contributed by atoms with Gasteiger partial charge in [0.1, 0.15) is 11.8 Å². The van der Waals surface area contributed by atoms with E-state index in [9.17, 15) is 4.79 Å². The van der Waals surface area contributed by atoms with Gasteiger partial charge in [0, 0.05) is 41.9 Å². The van der Waals surface area contributed by atoms with E-state index < -0.39 is 0 Å². The lowest BCUT2D eigenvalue weighted by Crippen LogP contribution is -2.30. The summed E-state index contributed by atoms with van der Waals surface area (Å²) in [5.74, 6) is 0.491. The van der Waals surface area contributed by atoms with Crippen molar-refractivity contribution in [2.24, 2.45) is 0 Å². The first-order valence-corrected chi connectivity index (χ1v) is 13.1. The van der Waals surface area contributed by atoms with Crippen LogP contribution in [-0.4, -0.2) is 27.7 Å². The number of carbonyl (C=O) groups is 1. The topological polar surface area (TPSA) is 71.4 Å². The number of carbonyl (C=O) groups excluding carboxylic acids is 1. The van der Waals surface area contributed by atoms with E-state index in [2.05, 4.69) is 75.5 Å².